The number of ether oxygens (including phenoxy) is 2. The Hall–Kier alpha value is -1.93. The third-order valence-corrected chi connectivity index (χ3v) is 4.48. The standard InChI is InChI=1S/C14H17NO6S/c1-20-14(17)12-9-21-7-6-15(12)13(16)10-4-3-5-11(8-10)22(2,18)19/h3-5,8,12H,6-7,9H2,1-2H3/t12-/m0/s1. The predicted octanol–water partition coefficient (Wildman–Crippen LogP) is 0.104. The molecule has 1 aromatic rings. The molecule has 0 N–H and O–H groups in total. The number of sulfone groups is 1. The van der Waals surface area contributed by atoms with Gasteiger partial charge in [0.15, 0.2) is 15.9 Å². The van der Waals surface area contributed by atoms with Crippen LogP contribution >= 0.6 is 0 Å². The third kappa shape index (κ3) is 3.45. The lowest BCUT2D eigenvalue weighted by Crippen LogP contribution is -2.53. The van der Waals surface area contributed by atoms with Gasteiger partial charge in [0, 0.05) is 18.4 Å². The number of methoxy groups -OCH3 is 1. The van der Waals surface area contributed by atoms with Crippen molar-refractivity contribution in [1.82, 2.24) is 4.90 Å². The van der Waals surface area contributed by atoms with Gasteiger partial charge in [-0.3, -0.25) is 4.79 Å². The summed E-state index contributed by atoms with van der Waals surface area (Å²) < 4.78 is 33.1. The average Bonchev–Trinajstić information content (AvgIpc) is 2.52. The van der Waals surface area contributed by atoms with Gasteiger partial charge in [0.2, 0.25) is 0 Å². The number of carbonyl (C=O) groups excluding carboxylic acids is 2. The molecule has 1 saturated heterocycles. The first-order valence-electron chi connectivity index (χ1n) is 6.61. The van der Waals surface area contributed by atoms with Crippen molar-refractivity contribution in [2.24, 2.45) is 0 Å². The SMILES string of the molecule is COC(=O)[C@@H]1COCCN1C(=O)c1cccc(S(C)(=O)=O)c1. The van der Waals surface area contributed by atoms with E-state index in [9.17, 15) is 18.0 Å². The summed E-state index contributed by atoms with van der Waals surface area (Å²) in [5.74, 6) is -0.989. The van der Waals surface area contributed by atoms with Crippen molar-refractivity contribution in [3.8, 4) is 0 Å². The number of amides is 1. The van der Waals surface area contributed by atoms with E-state index in [1.54, 1.807) is 0 Å². The van der Waals surface area contributed by atoms with E-state index in [2.05, 4.69) is 4.74 Å². The molecular formula is C14H17NO6S. The second-order valence-corrected chi connectivity index (χ2v) is 6.93. The van der Waals surface area contributed by atoms with Crippen LogP contribution in [-0.4, -0.2) is 64.4 Å². The van der Waals surface area contributed by atoms with E-state index in [1.807, 2.05) is 0 Å². The van der Waals surface area contributed by atoms with Gasteiger partial charge in [0.25, 0.3) is 5.91 Å². The first-order chi connectivity index (χ1) is 10.3. The minimum absolute atomic E-state index is 0.0567. The third-order valence-electron chi connectivity index (χ3n) is 3.37. The van der Waals surface area contributed by atoms with Crippen molar-refractivity contribution < 1.29 is 27.5 Å². The minimum atomic E-state index is -3.41. The number of morpholine rings is 1. The van der Waals surface area contributed by atoms with Crippen molar-refractivity contribution >= 4 is 21.7 Å². The molecule has 1 atom stereocenters. The number of nitrogens with zero attached hydrogens (tertiary/aromatic N) is 1. The summed E-state index contributed by atoms with van der Waals surface area (Å²) in [6, 6.07) is 4.91. The highest BCUT2D eigenvalue weighted by atomic mass is 32.2. The molecule has 0 aliphatic carbocycles. The maximum atomic E-state index is 12.6. The summed E-state index contributed by atoms with van der Waals surface area (Å²) in [5, 5.41) is 0. The van der Waals surface area contributed by atoms with Crippen LogP contribution in [0.15, 0.2) is 29.2 Å². The second-order valence-electron chi connectivity index (χ2n) is 4.91. The van der Waals surface area contributed by atoms with E-state index in [0.29, 0.717) is 6.61 Å². The van der Waals surface area contributed by atoms with Gasteiger partial charge in [-0.05, 0) is 18.2 Å². The van der Waals surface area contributed by atoms with Gasteiger partial charge in [-0.2, -0.15) is 0 Å². The highest BCUT2D eigenvalue weighted by Gasteiger charge is 2.34. The topological polar surface area (TPSA) is 90.0 Å². The number of esters is 1. The molecule has 22 heavy (non-hydrogen) atoms. The lowest BCUT2D eigenvalue weighted by Gasteiger charge is -2.33. The lowest BCUT2D eigenvalue weighted by molar-refractivity contribution is -0.151. The van der Waals surface area contributed by atoms with Crippen LogP contribution in [0.4, 0.5) is 0 Å². The molecule has 1 aliphatic heterocycles. The predicted molar refractivity (Wildman–Crippen MR) is 77.2 cm³/mol. The van der Waals surface area contributed by atoms with Gasteiger partial charge in [-0.15, -0.1) is 0 Å². The Morgan fingerprint density at radius 2 is 2.09 bits per heavy atom. The molecule has 0 spiro atoms. The van der Waals surface area contributed by atoms with Gasteiger partial charge in [-0.25, -0.2) is 13.2 Å². The molecule has 1 heterocycles. The van der Waals surface area contributed by atoms with E-state index in [0.717, 1.165) is 6.26 Å². The first-order valence-corrected chi connectivity index (χ1v) is 8.50. The Morgan fingerprint density at radius 3 is 2.73 bits per heavy atom. The van der Waals surface area contributed by atoms with Crippen LogP contribution in [0.3, 0.4) is 0 Å². The Bertz CT molecular complexity index is 684. The normalized spacial score (nSPS) is 18.8. The van der Waals surface area contributed by atoms with Crippen molar-refractivity contribution in [2.45, 2.75) is 10.9 Å². The van der Waals surface area contributed by atoms with Crippen LogP contribution < -0.4 is 0 Å². The Kier molecular flexibility index (Phi) is 4.82. The number of hydrogen-bond donors (Lipinski definition) is 0. The van der Waals surface area contributed by atoms with Crippen molar-refractivity contribution in [1.29, 1.82) is 0 Å². The van der Waals surface area contributed by atoms with Gasteiger partial charge in [0.05, 0.1) is 25.2 Å². The summed E-state index contributed by atoms with van der Waals surface area (Å²) in [6.45, 7) is 0.608. The quantitative estimate of drug-likeness (QED) is 0.732. The fourth-order valence-corrected chi connectivity index (χ4v) is 2.87. The maximum absolute atomic E-state index is 12.6. The van der Waals surface area contributed by atoms with Crippen molar-refractivity contribution in [3.63, 3.8) is 0 Å². The Balaban J connectivity index is 2.32. The van der Waals surface area contributed by atoms with E-state index < -0.39 is 27.8 Å². The summed E-state index contributed by atoms with van der Waals surface area (Å²) in [7, 11) is -2.17. The van der Waals surface area contributed by atoms with Gasteiger partial charge in [0.1, 0.15) is 0 Å². The minimum Gasteiger partial charge on any atom is -0.467 e. The second kappa shape index (κ2) is 6.45. The molecule has 1 amide bonds. The van der Waals surface area contributed by atoms with E-state index in [-0.39, 0.29) is 23.6 Å². The zero-order valence-electron chi connectivity index (χ0n) is 12.3. The van der Waals surface area contributed by atoms with Crippen LogP contribution in [0, 0.1) is 0 Å². The van der Waals surface area contributed by atoms with E-state index >= 15 is 0 Å². The zero-order chi connectivity index (χ0) is 16.3. The van der Waals surface area contributed by atoms with Gasteiger partial charge < -0.3 is 14.4 Å². The summed E-state index contributed by atoms with van der Waals surface area (Å²) in [5.41, 5.74) is 0.207. The molecule has 0 saturated carbocycles. The van der Waals surface area contributed by atoms with Crippen LogP contribution in [0.5, 0.6) is 0 Å². The van der Waals surface area contributed by atoms with Crippen molar-refractivity contribution in [2.75, 3.05) is 33.1 Å². The highest BCUT2D eigenvalue weighted by molar-refractivity contribution is 7.90. The largest absolute Gasteiger partial charge is 0.467 e. The van der Waals surface area contributed by atoms with Crippen LogP contribution in [0.25, 0.3) is 0 Å². The molecule has 2 rings (SSSR count). The fourth-order valence-electron chi connectivity index (χ4n) is 2.20. The van der Waals surface area contributed by atoms with Crippen LogP contribution in [-0.2, 0) is 24.1 Å². The number of rotatable bonds is 3. The highest BCUT2D eigenvalue weighted by Crippen LogP contribution is 2.17. The molecule has 1 fully saturated rings. The molecule has 1 aromatic carbocycles. The molecule has 7 nitrogen and oxygen atoms in total. The lowest BCUT2D eigenvalue weighted by atomic mass is 10.1. The van der Waals surface area contributed by atoms with Crippen LogP contribution in [0.2, 0.25) is 0 Å². The molecular weight excluding hydrogens is 310 g/mol. The van der Waals surface area contributed by atoms with Crippen LogP contribution in [0.1, 0.15) is 10.4 Å². The molecule has 0 bridgehead atoms. The van der Waals surface area contributed by atoms with Crippen molar-refractivity contribution in [3.05, 3.63) is 29.8 Å². The Morgan fingerprint density at radius 1 is 1.36 bits per heavy atom. The van der Waals surface area contributed by atoms with E-state index in [4.69, 9.17) is 4.74 Å². The average molecular weight is 327 g/mol. The number of hydrogen-bond acceptors (Lipinski definition) is 6. The van der Waals surface area contributed by atoms with Gasteiger partial charge >= 0.3 is 5.97 Å². The monoisotopic (exact) mass is 327 g/mol. The summed E-state index contributed by atoms with van der Waals surface area (Å²) >= 11 is 0. The molecule has 0 aromatic heterocycles. The summed E-state index contributed by atoms with van der Waals surface area (Å²) in [6.07, 6.45) is 1.07. The Labute approximate surface area is 128 Å². The van der Waals surface area contributed by atoms with E-state index in [1.165, 1.54) is 36.3 Å². The number of carbonyl (C=O) groups is 2. The summed E-state index contributed by atoms with van der Waals surface area (Å²) in [4.78, 5) is 25.7. The maximum Gasteiger partial charge on any atom is 0.331 e. The molecule has 8 heteroatoms. The molecule has 1 aliphatic rings. The fraction of sp³-hybridized carbons (Fsp3) is 0.429. The number of benzene rings is 1. The molecule has 0 radical (unpaired) electrons. The molecule has 120 valence electrons. The first kappa shape index (κ1) is 16.4. The smallest absolute Gasteiger partial charge is 0.331 e. The zero-order valence-corrected chi connectivity index (χ0v) is 13.1. The molecule has 0 unspecified atom stereocenters. The van der Waals surface area contributed by atoms with Gasteiger partial charge in [-0.1, -0.05) is 6.07 Å².